The number of nitrogens with two attached hydrogens (primary N) is 2. The van der Waals surface area contributed by atoms with Gasteiger partial charge in [0.1, 0.15) is 5.82 Å². The van der Waals surface area contributed by atoms with Gasteiger partial charge in [-0.1, -0.05) is 45.1 Å². The van der Waals surface area contributed by atoms with Crippen molar-refractivity contribution in [1.29, 1.82) is 0 Å². The van der Waals surface area contributed by atoms with Crippen LogP contribution in [0.4, 0.5) is 5.82 Å². The number of hydrogen-bond donors (Lipinski definition) is 2. The summed E-state index contributed by atoms with van der Waals surface area (Å²) in [5.41, 5.74) is 16.7. The van der Waals surface area contributed by atoms with E-state index in [1.54, 1.807) is 0 Å². The van der Waals surface area contributed by atoms with Crippen LogP contribution < -0.4 is 11.5 Å². The zero-order chi connectivity index (χ0) is 18.1. The van der Waals surface area contributed by atoms with Crippen LogP contribution >= 0.6 is 0 Å². The second kappa shape index (κ2) is 10.4. The monoisotopic (exact) mass is 341 g/mol. The minimum Gasteiger partial charge on any atom is -0.383 e. The molecule has 0 spiro atoms. The lowest BCUT2D eigenvalue weighted by Crippen LogP contribution is -2.01. The molecule has 1 heterocycles. The van der Waals surface area contributed by atoms with Crippen LogP contribution in [0.15, 0.2) is 18.2 Å². The summed E-state index contributed by atoms with van der Waals surface area (Å²) >= 11 is 0. The number of hydrogen-bond acceptors (Lipinski definition) is 3. The summed E-state index contributed by atoms with van der Waals surface area (Å²) in [6.45, 7) is 5.20. The van der Waals surface area contributed by atoms with Gasteiger partial charge < -0.3 is 11.5 Å². The highest BCUT2D eigenvalue weighted by Gasteiger charge is 2.08. The van der Waals surface area contributed by atoms with Crippen LogP contribution in [0, 0.1) is 6.92 Å². The first kappa shape index (κ1) is 19.7. The number of aromatic nitrogens is 1. The van der Waals surface area contributed by atoms with Gasteiger partial charge in [-0.3, -0.25) is 0 Å². The van der Waals surface area contributed by atoms with Gasteiger partial charge >= 0.3 is 0 Å². The fraction of sp³-hybridized carbons (Fsp3) is 0.591. The summed E-state index contributed by atoms with van der Waals surface area (Å²) in [6.07, 6.45) is 12.1. The summed E-state index contributed by atoms with van der Waals surface area (Å²) in [4.78, 5) is 4.71. The minimum absolute atomic E-state index is 0.708. The van der Waals surface area contributed by atoms with E-state index in [0.29, 0.717) is 5.82 Å². The van der Waals surface area contributed by atoms with E-state index in [-0.39, 0.29) is 0 Å². The van der Waals surface area contributed by atoms with Gasteiger partial charge in [-0.15, -0.1) is 0 Å². The molecule has 0 aliphatic heterocycles. The van der Waals surface area contributed by atoms with Crippen molar-refractivity contribution in [2.75, 3.05) is 12.3 Å². The van der Waals surface area contributed by atoms with Crippen molar-refractivity contribution < 1.29 is 0 Å². The fourth-order valence-electron chi connectivity index (χ4n) is 3.50. The van der Waals surface area contributed by atoms with Gasteiger partial charge in [0.2, 0.25) is 0 Å². The lowest BCUT2D eigenvalue weighted by atomic mass is 9.98. The summed E-state index contributed by atoms with van der Waals surface area (Å²) in [5, 5.41) is 1.25. The molecular weight excluding hydrogens is 306 g/mol. The lowest BCUT2D eigenvalue weighted by Gasteiger charge is -2.11. The van der Waals surface area contributed by atoms with Gasteiger partial charge in [-0.2, -0.15) is 0 Å². The molecule has 0 saturated carbocycles. The van der Waals surface area contributed by atoms with Crippen molar-refractivity contribution in [3.05, 3.63) is 34.9 Å². The van der Waals surface area contributed by atoms with Gasteiger partial charge in [-0.25, -0.2) is 4.98 Å². The molecule has 0 radical (unpaired) electrons. The van der Waals surface area contributed by atoms with Crippen molar-refractivity contribution in [3.63, 3.8) is 0 Å². The number of nitrogens with zero attached hydrogens (tertiary/aromatic N) is 1. The molecule has 0 aliphatic rings. The number of pyridine rings is 1. The number of benzene rings is 1. The lowest BCUT2D eigenvalue weighted by molar-refractivity contribution is 0.607. The Labute approximate surface area is 153 Å². The number of aryl methyl sites for hydroxylation is 3. The predicted molar refractivity (Wildman–Crippen MR) is 110 cm³/mol. The van der Waals surface area contributed by atoms with Gasteiger partial charge in [0, 0.05) is 5.39 Å². The van der Waals surface area contributed by atoms with Gasteiger partial charge in [0.25, 0.3) is 0 Å². The molecule has 0 amide bonds. The molecule has 0 unspecified atom stereocenters. The molecule has 138 valence electrons. The predicted octanol–water partition coefficient (Wildman–Crippen LogP) is 5.31. The van der Waals surface area contributed by atoms with Crippen LogP contribution in [0.1, 0.15) is 75.0 Å². The SMILES string of the molecule is CCCCCCCCc1cc2c(C)cc(CCCCN)cc2nc1N. The molecule has 25 heavy (non-hydrogen) atoms. The van der Waals surface area contributed by atoms with Crippen LogP contribution in [0.5, 0.6) is 0 Å². The van der Waals surface area contributed by atoms with E-state index < -0.39 is 0 Å². The second-order valence-corrected chi connectivity index (χ2v) is 7.28. The van der Waals surface area contributed by atoms with E-state index in [2.05, 4.69) is 32.0 Å². The Kier molecular flexibility index (Phi) is 8.20. The number of fused-ring (bicyclic) bond motifs is 1. The third-order valence-electron chi connectivity index (χ3n) is 5.03. The Bertz CT molecular complexity index is 664. The third kappa shape index (κ3) is 6.00. The standard InChI is InChI=1S/C22H35N3/c1-3-4-5-6-7-8-12-19-16-20-17(2)14-18(11-9-10-13-23)15-21(20)25-22(19)24/h14-16H,3-13,23H2,1-2H3,(H2,24,25). The van der Waals surface area contributed by atoms with E-state index in [1.807, 2.05) is 0 Å². The fourth-order valence-corrected chi connectivity index (χ4v) is 3.50. The average molecular weight is 342 g/mol. The first-order chi connectivity index (χ1) is 12.2. The van der Waals surface area contributed by atoms with Crippen molar-refractivity contribution in [1.82, 2.24) is 4.98 Å². The molecule has 2 aromatic rings. The average Bonchev–Trinajstić information content (AvgIpc) is 2.59. The first-order valence-electron chi connectivity index (χ1n) is 10.0. The molecule has 3 heteroatoms. The normalized spacial score (nSPS) is 11.3. The van der Waals surface area contributed by atoms with E-state index in [0.717, 1.165) is 37.7 Å². The van der Waals surface area contributed by atoms with Crippen LogP contribution in [0.3, 0.4) is 0 Å². The van der Waals surface area contributed by atoms with Crippen molar-refractivity contribution in [2.24, 2.45) is 5.73 Å². The highest BCUT2D eigenvalue weighted by molar-refractivity contribution is 5.85. The summed E-state index contributed by atoms with van der Waals surface area (Å²) in [5.74, 6) is 0.708. The maximum atomic E-state index is 6.24. The molecule has 2 rings (SSSR count). The van der Waals surface area contributed by atoms with E-state index in [1.165, 1.54) is 60.6 Å². The van der Waals surface area contributed by atoms with Gasteiger partial charge in [-0.05, 0) is 74.4 Å². The summed E-state index contributed by atoms with van der Waals surface area (Å²) in [6, 6.07) is 6.76. The Morgan fingerprint density at radius 2 is 1.60 bits per heavy atom. The Balaban J connectivity index is 2.04. The molecule has 3 nitrogen and oxygen atoms in total. The van der Waals surface area contributed by atoms with E-state index >= 15 is 0 Å². The maximum absolute atomic E-state index is 6.24. The summed E-state index contributed by atoms with van der Waals surface area (Å²) < 4.78 is 0. The Morgan fingerprint density at radius 1 is 0.880 bits per heavy atom. The molecule has 0 saturated heterocycles. The molecule has 1 aromatic heterocycles. The quantitative estimate of drug-likeness (QED) is 0.544. The van der Waals surface area contributed by atoms with E-state index in [4.69, 9.17) is 16.5 Å². The molecule has 1 aromatic carbocycles. The first-order valence-corrected chi connectivity index (χ1v) is 10.0. The minimum atomic E-state index is 0.708. The van der Waals surface area contributed by atoms with Crippen LogP contribution in [0.2, 0.25) is 0 Å². The number of nitrogen functional groups attached to an aromatic ring is 1. The highest BCUT2D eigenvalue weighted by atomic mass is 14.8. The number of unbranched alkanes of at least 4 members (excludes halogenated alkanes) is 6. The largest absolute Gasteiger partial charge is 0.383 e. The van der Waals surface area contributed by atoms with Crippen molar-refractivity contribution in [3.8, 4) is 0 Å². The molecule has 0 aliphatic carbocycles. The van der Waals surface area contributed by atoms with E-state index in [9.17, 15) is 0 Å². The highest BCUT2D eigenvalue weighted by Crippen LogP contribution is 2.25. The summed E-state index contributed by atoms with van der Waals surface area (Å²) in [7, 11) is 0. The van der Waals surface area contributed by atoms with Crippen LogP contribution in [-0.2, 0) is 12.8 Å². The van der Waals surface area contributed by atoms with Crippen molar-refractivity contribution >= 4 is 16.7 Å². The molecule has 4 N–H and O–H groups in total. The zero-order valence-corrected chi connectivity index (χ0v) is 16.1. The second-order valence-electron chi connectivity index (χ2n) is 7.28. The Morgan fingerprint density at radius 3 is 2.36 bits per heavy atom. The maximum Gasteiger partial charge on any atom is 0.127 e. The van der Waals surface area contributed by atoms with Crippen LogP contribution in [0.25, 0.3) is 10.9 Å². The Hall–Kier alpha value is -1.61. The smallest absolute Gasteiger partial charge is 0.127 e. The third-order valence-corrected chi connectivity index (χ3v) is 5.03. The van der Waals surface area contributed by atoms with Gasteiger partial charge in [0.05, 0.1) is 5.52 Å². The van der Waals surface area contributed by atoms with Crippen molar-refractivity contribution in [2.45, 2.75) is 78.1 Å². The van der Waals surface area contributed by atoms with Crippen LogP contribution in [-0.4, -0.2) is 11.5 Å². The zero-order valence-electron chi connectivity index (χ0n) is 16.1. The number of anilines is 1. The molecule has 0 bridgehead atoms. The van der Waals surface area contributed by atoms with Gasteiger partial charge in [0.15, 0.2) is 0 Å². The molecular formula is C22H35N3. The number of rotatable bonds is 11. The topological polar surface area (TPSA) is 64.9 Å². The molecule has 0 fully saturated rings. The molecule has 0 atom stereocenters.